The molecule has 2 aromatic rings. The van der Waals surface area contributed by atoms with Crippen LogP contribution in [0.3, 0.4) is 0 Å². The van der Waals surface area contributed by atoms with Crippen LogP contribution in [0.25, 0.3) is 0 Å². The Morgan fingerprint density at radius 3 is 2.43 bits per heavy atom. The number of esters is 1. The second kappa shape index (κ2) is 8.58. The number of hydrogen-bond donors (Lipinski definition) is 0. The summed E-state index contributed by atoms with van der Waals surface area (Å²) in [5.41, 5.74) is 1.87. The summed E-state index contributed by atoms with van der Waals surface area (Å²) >= 11 is 3.44. The minimum atomic E-state index is -0.245. The molecule has 0 fully saturated rings. The number of halogens is 1. The molecule has 0 aliphatic carbocycles. The van der Waals surface area contributed by atoms with Crippen molar-refractivity contribution in [1.29, 1.82) is 0 Å². The lowest BCUT2D eigenvalue weighted by Gasteiger charge is -2.12. The number of aryl methyl sites for hydroxylation is 1. The third kappa shape index (κ3) is 4.73. The molecule has 0 atom stereocenters. The standard InChI is InChI=1S/C18H19BrO4/c1-21-16-9-5-7-13(18(16)22-2)10-11-17(20)23-12-14-6-3-4-8-15(14)19/h3-9H,10-12H2,1-2H3. The summed E-state index contributed by atoms with van der Waals surface area (Å²) in [7, 11) is 3.18. The molecule has 0 spiro atoms. The van der Waals surface area contributed by atoms with Crippen molar-refractivity contribution < 1.29 is 19.0 Å². The zero-order valence-electron chi connectivity index (χ0n) is 13.2. The van der Waals surface area contributed by atoms with E-state index in [1.807, 2.05) is 42.5 Å². The van der Waals surface area contributed by atoms with Gasteiger partial charge in [-0.2, -0.15) is 0 Å². The molecule has 0 heterocycles. The van der Waals surface area contributed by atoms with Crippen LogP contribution in [0.4, 0.5) is 0 Å². The fourth-order valence-corrected chi connectivity index (χ4v) is 2.63. The molecule has 0 saturated carbocycles. The number of para-hydroxylation sites is 1. The summed E-state index contributed by atoms with van der Waals surface area (Å²) in [6.45, 7) is 0.259. The van der Waals surface area contributed by atoms with Crippen molar-refractivity contribution in [3.05, 3.63) is 58.1 Å². The van der Waals surface area contributed by atoms with Gasteiger partial charge in [-0.15, -0.1) is 0 Å². The van der Waals surface area contributed by atoms with Gasteiger partial charge in [-0.1, -0.05) is 46.3 Å². The molecule has 5 heteroatoms. The molecule has 0 aromatic heterocycles. The summed E-state index contributed by atoms with van der Waals surface area (Å²) in [6.07, 6.45) is 0.823. The summed E-state index contributed by atoms with van der Waals surface area (Å²) in [5, 5.41) is 0. The maximum Gasteiger partial charge on any atom is 0.306 e. The molecule has 2 aromatic carbocycles. The molecule has 0 unspecified atom stereocenters. The van der Waals surface area contributed by atoms with E-state index in [9.17, 15) is 4.79 Å². The average Bonchev–Trinajstić information content (AvgIpc) is 2.58. The van der Waals surface area contributed by atoms with Crippen LogP contribution in [0.15, 0.2) is 46.9 Å². The van der Waals surface area contributed by atoms with Gasteiger partial charge in [-0.25, -0.2) is 0 Å². The molecule has 0 amide bonds. The van der Waals surface area contributed by atoms with E-state index in [1.165, 1.54) is 0 Å². The van der Waals surface area contributed by atoms with E-state index >= 15 is 0 Å². The minimum Gasteiger partial charge on any atom is -0.493 e. The van der Waals surface area contributed by atoms with Gasteiger partial charge in [0.15, 0.2) is 11.5 Å². The first-order valence-corrected chi connectivity index (χ1v) is 8.04. The highest BCUT2D eigenvalue weighted by atomic mass is 79.9. The van der Waals surface area contributed by atoms with Gasteiger partial charge < -0.3 is 14.2 Å². The average molecular weight is 379 g/mol. The Labute approximate surface area is 144 Å². The Morgan fingerprint density at radius 2 is 1.74 bits per heavy atom. The molecule has 0 N–H and O–H groups in total. The van der Waals surface area contributed by atoms with E-state index < -0.39 is 0 Å². The summed E-state index contributed by atoms with van der Waals surface area (Å²) in [4.78, 5) is 11.9. The first-order valence-electron chi connectivity index (χ1n) is 7.24. The fraction of sp³-hybridized carbons (Fsp3) is 0.278. The van der Waals surface area contributed by atoms with Crippen molar-refractivity contribution in [2.45, 2.75) is 19.4 Å². The quantitative estimate of drug-likeness (QED) is 0.679. The second-order valence-electron chi connectivity index (χ2n) is 4.90. The SMILES string of the molecule is COc1cccc(CCC(=O)OCc2ccccc2Br)c1OC. The van der Waals surface area contributed by atoms with Gasteiger partial charge in [0.25, 0.3) is 0 Å². The van der Waals surface area contributed by atoms with Gasteiger partial charge in [-0.3, -0.25) is 4.79 Å². The number of carbonyl (C=O) groups excluding carboxylic acids is 1. The van der Waals surface area contributed by atoms with Gasteiger partial charge in [-0.05, 0) is 24.1 Å². The molecule has 23 heavy (non-hydrogen) atoms. The van der Waals surface area contributed by atoms with Crippen molar-refractivity contribution in [2.24, 2.45) is 0 Å². The summed E-state index contributed by atoms with van der Waals surface area (Å²) < 4.78 is 16.9. The van der Waals surface area contributed by atoms with Crippen LogP contribution < -0.4 is 9.47 Å². The summed E-state index contributed by atoms with van der Waals surface area (Å²) in [5.74, 6) is 1.07. The third-order valence-electron chi connectivity index (χ3n) is 3.43. The van der Waals surface area contributed by atoms with Crippen LogP contribution in [0, 0.1) is 0 Å². The maximum atomic E-state index is 11.9. The second-order valence-corrected chi connectivity index (χ2v) is 5.76. The minimum absolute atomic E-state index is 0.245. The first kappa shape index (κ1) is 17.3. The first-order chi connectivity index (χ1) is 11.2. The van der Waals surface area contributed by atoms with E-state index in [1.54, 1.807) is 14.2 Å². The molecule has 0 aliphatic rings. The highest BCUT2D eigenvalue weighted by Crippen LogP contribution is 2.31. The molecular weight excluding hydrogens is 360 g/mol. The Hall–Kier alpha value is -2.01. The number of ether oxygens (including phenoxy) is 3. The van der Waals surface area contributed by atoms with Crippen molar-refractivity contribution in [3.63, 3.8) is 0 Å². The van der Waals surface area contributed by atoms with Crippen LogP contribution in [0.5, 0.6) is 11.5 Å². The Morgan fingerprint density at radius 1 is 1.00 bits per heavy atom. The van der Waals surface area contributed by atoms with Crippen LogP contribution in [-0.4, -0.2) is 20.2 Å². The van der Waals surface area contributed by atoms with Gasteiger partial charge >= 0.3 is 5.97 Å². The van der Waals surface area contributed by atoms with Crippen LogP contribution in [-0.2, 0) is 22.6 Å². The number of rotatable bonds is 7. The van der Waals surface area contributed by atoms with E-state index in [-0.39, 0.29) is 19.0 Å². The van der Waals surface area contributed by atoms with E-state index in [0.29, 0.717) is 17.9 Å². The molecule has 0 bridgehead atoms. The molecule has 122 valence electrons. The zero-order chi connectivity index (χ0) is 16.7. The number of hydrogen-bond acceptors (Lipinski definition) is 4. The van der Waals surface area contributed by atoms with Crippen molar-refractivity contribution in [1.82, 2.24) is 0 Å². The Kier molecular flexibility index (Phi) is 6.47. The Bertz CT molecular complexity index is 670. The normalized spacial score (nSPS) is 10.2. The fourth-order valence-electron chi connectivity index (χ4n) is 2.23. The predicted octanol–water partition coefficient (Wildman–Crippen LogP) is 4.14. The van der Waals surface area contributed by atoms with Crippen molar-refractivity contribution >= 4 is 21.9 Å². The molecule has 0 aliphatic heterocycles. The van der Waals surface area contributed by atoms with E-state index in [2.05, 4.69) is 15.9 Å². The predicted molar refractivity (Wildman–Crippen MR) is 91.8 cm³/mol. The number of carbonyl (C=O) groups is 1. The van der Waals surface area contributed by atoms with Crippen LogP contribution >= 0.6 is 15.9 Å². The molecule has 0 radical (unpaired) electrons. The van der Waals surface area contributed by atoms with E-state index in [0.717, 1.165) is 15.6 Å². The molecule has 0 saturated heterocycles. The lowest BCUT2D eigenvalue weighted by atomic mass is 10.1. The Balaban J connectivity index is 1.91. The van der Waals surface area contributed by atoms with E-state index in [4.69, 9.17) is 14.2 Å². The highest BCUT2D eigenvalue weighted by Gasteiger charge is 2.12. The third-order valence-corrected chi connectivity index (χ3v) is 4.20. The maximum absolute atomic E-state index is 11.9. The van der Waals surface area contributed by atoms with Gasteiger partial charge in [0, 0.05) is 16.5 Å². The topological polar surface area (TPSA) is 44.8 Å². The lowest BCUT2D eigenvalue weighted by molar-refractivity contribution is -0.144. The monoisotopic (exact) mass is 378 g/mol. The largest absolute Gasteiger partial charge is 0.493 e. The molecular formula is C18H19BrO4. The number of benzene rings is 2. The lowest BCUT2D eigenvalue weighted by Crippen LogP contribution is -2.07. The van der Waals surface area contributed by atoms with Gasteiger partial charge in [0.05, 0.1) is 14.2 Å². The zero-order valence-corrected chi connectivity index (χ0v) is 14.8. The van der Waals surface area contributed by atoms with Gasteiger partial charge in [0.2, 0.25) is 0 Å². The smallest absolute Gasteiger partial charge is 0.306 e. The highest BCUT2D eigenvalue weighted by molar-refractivity contribution is 9.10. The van der Waals surface area contributed by atoms with Crippen molar-refractivity contribution in [2.75, 3.05) is 14.2 Å². The van der Waals surface area contributed by atoms with Crippen molar-refractivity contribution in [3.8, 4) is 11.5 Å². The van der Waals surface area contributed by atoms with Gasteiger partial charge in [0.1, 0.15) is 6.61 Å². The molecule has 4 nitrogen and oxygen atoms in total. The molecule has 2 rings (SSSR count). The van der Waals surface area contributed by atoms with Crippen LogP contribution in [0.1, 0.15) is 17.5 Å². The summed E-state index contributed by atoms with van der Waals surface area (Å²) in [6, 6.07) is 13.3. The van der Waals surface area contributed by atoms with Crippen LogP contribution in [0.2, 0.25) is 0 Å². The number of methoxy groups -OCH3 is 2.